The molecule has 0 aliphatic heterocycles. The zero-order valence-corrected chi connectivity index (χ0v) is 14.9. The highest BCUT2D eigenvalue weighted by Gasteiger charge is 2.08. The number of hydrogen-bond donors (Lipinski definition) is 1. The van der Waals surface area contributed by atoms with Gasteiger partial charge in [0, 0.05) is 12.2 Å². The zero-order valence-electron chi connectivity index (χ0n) is 14.9. The molecule has 1 N–H and O–H groups in total. The first-order valence-corrected chi connectivity index (χ1v) is 8.19. The van der Waals surface area contributed by atoms with Gasteiger partial charge in [-0.2, -0.15) is 0 Å². The van der Waals surface area contributed by atoms with E-state index in [0.29, 0.717) is 19.0 Å². The van der Waals surface area contributed by atoms with Crippen LogP contribution in [0, 0.1) is 0 Å². The van der Waals surface area contributed by atoms with Crippen molar-refractivity contribution in [2.75, 3.05) is 26.0 Å². The number of carbonyl (C=O) groups is 1. The summed E-state index contributed by atoms with van der Waals surface area (Å²) in [7, 11) is 3.59. The van der Waals surface area contributed by atoms with E-state index in [1.807, 2.05) is 48.3 Å². The van der Waals surface area contributed by atoms with Crippen LogP contribution in [0.1, 0.15) is 30.9 Å². The maximum atomic E-state index is 12.2. The summed E-state index contributed by atoms with van der Waals surface area (Å²) in [6.07, 6.45) is 0. The minimum Gasteiger partial charge on any atom is -0.497 e. The Kier molecular flexibility index (Phi) is 6.38. The molecule has 0 aliphatic rings. The van der Waals surface area contributed by atoms with Crippen LogP contribution < -0.4 is 10.1 Å². The number of nitrogens with zero attached hydrogens (tertiary/aromatic N) is 1. The van der Waals surface area contributed by atoms with Crippen LogP contribution in [0.4, 0.5) is 5.69 Å². The Balaban J connectivity index is 1.84. The molecule has 128 valence electrons. The average molecular weight is 326 g/mol. The maximum absolute atomic E-state index is 12.2. The van der Waals surface area contributed by atoms with E-state index < -0.39 is 0 Å². The molecule has 0 atom stereocenters. The molecule has 0 spiro atoms. The lowest BCUT2D eigenvalue weighted by molar-refractivity contribution is -0.117. The van der Waals surface area contributed by atoms with Crippen molar-refractivity contribution in [2.45, 2.75) is 26.3 Å². The normalized spacial score (nSPS) is 10.9. The second kappa shape index (κ2) is 8.50. The number of anilines is 1. The fourth-order valence-corrected chi connectivity index (χ4v) is 2.50. The first kappa shape index (κ1) is 18.0. The smallest absolute Gasteiger partial charge is 0.238 e. The van der Waals surface area contributed by atoms with Gasteiger partial charge < -0.3 is 10.1 Å². The highest BCUT2D eigenvalue weighted by Crippen LogP contribution is 2.17. The van der Waals surface area contributed by atoms with Gasteiger partial charge in [-0.15, -0.1) is 0 Å². The average Bonchev–Trinajstić information content (AvgIpc) is 2.55. The Labute approximate surface area is 144 Å². The third kappa shape index (κ3) is 5.39. The fraction of sp³-hybridized carbons (Fsp3) is 0.350. The molecule has 0 aliphatic carbocycles. The van der Waals surface area contributed by atoms with Crippen molar-refractivity contribution in [3.8, 4) is 5.75 Å². The lowest BCUT2D eigenvalue weighted by Gasteiger charge is -2.17. The standard InChI is InChI=1S/C20H26N2O2/c1-15(2)17-7-9-18(10-8-17)21-20(23)14-22(3)13-16-5-11-19(24-4)12-6-16/h5-12,15H,13-14H2,1-4H3,(H,21,23). The Morgan fingerprint density at radius 2 is 1.71 bits per heavy atom. The molecule has 1 amide bonds. The summed E-state index contributed by atoms with van der Waals surface area (Å²) < 4.78 is 5.15. The predicted molar refractivity (Wildman–Crippen MR) is 98.5 cm³/mol. The number of benzene rings is 2. The van der Waals surface area contributed by atoms with Gasteiger partial charge in [-0.1, -0.05) is 38.1 Å². The predicted octanol–water partition coefficient (Wildman–Crippen LogP) is 3.89. The molecule has 4 nitrogen and oxygen atoms in total. The van der Waals surface area contributed by atoms with Crippen LogP contribution in [-0.2, 0) is 11.3 Å². The lowest BCUT2D eigenvalue weighted by atomic mass is 10.0. The van der Waals surface area contributed by atoms with Crippen LogP contribution in [-0.4, -0.2) is 31.5 Å². The van der Waals surface area contributed by atoms with Gasteiger partial charge in [0.25, 0.3) is 0 Å². The van der Waals surface area contributed by atoms with Gasteiger partial charge in [0.1, 0.15) is 5.75 Å². The number of hydrogen-bond acceptors (Lipinski definition) is 3. The van der Waals surface area contributed by atoms with E-state index in [2.05, 4.69) is 31.3 Å². The summed E-state index contributed by atoms with van der Waals surface area (Å²) in [4.78, 5) is 14.1. The third-order valence-corrected chi connectivity index (χ3v) is 3.89. The van der Waals surface area contributed by atoms with Crippen LogP contribution in [0.3, 0.4) is 0 Å². The van der Waals surface area contributed by atoms with Gasteiger partial charge in [-0.3, -0.25) is 9.69 Å². The number of carbonyl (C=O) groups excluding carboxylic acids is 1. The van der Waals surface area contributed by atoms with Crippen molar-refractivity contribution in [2.24, 2.45) is 0 Å². The molecule has 0 aromatic heterocycles. The molecule has 0 radical (unpaired) electrons. The Morgan fingerprint density at radius 1 is 1.08 bits per heavy atom. The highest BCUT2D eigenvalue weighted by molar-refractivity contribution is 5.92. The van der Waals surface area contributed by atoms with Crippen molar-refractivity contribution >= 4 is 11.6 Å². The first-order chi connectivity index (χ1) is 11.5. The van der Waals surface area contributed by atoms with E-state index in [-0.39, 0.29) is 5.91 Å². The van der Waals surface area contributed by atoms with Crippen LogP contribution in [0.2, 0.25) is 0 Å². The third-order valence-electron chi connectivity index (χ3n) is 3.89. The molecule has 0 unspecified atom stereocenters. The number of amides is 1. The Morgan fingerprint density at radius 3 is 2.25 bits per heavy atom. The number of rotatable bonds is 7. The van der Waals surface area contributed by atoms with Crippen LogP contribution >= 0.6 is 0 Å². The fourth-order valence-electron chi connectivity index (χ4n) is 2.50. The van der Waals surface area contributed by atoms with E-state index in [1.54, 1.807) is 7.11 Å². The molecule has 2 rings (SSSR count). The van der Waals surface area contributed by atoms with E-state index in [9.17, 15) is 4.79 Å². The van der Waals surface area contributed by atoms with Crippen molar-refractivity contribution in [3.05, 3.63) is 59.7 Å². The number of likely N-dealkylation sites (N-methyl/N-ethyl adjacent to an activating group) is 1. The molecule has 0 saturated heterocycles. The highest BCUT2D eigenvalue weighted by atomic mass is 16.5. The first-order valence-electron chi connectivity index (χ1n) is 8.19. The topological polar surface area (TPSA) is 41.6 Å². The number of nitrogens with one attached hydrogen (secondary N) is 1. The maximum Gasteiger partial charge on any atom is 0.238 e. The summed E-state index contributed by atoms with van der Waals surface area (Å²) in [5, 5.41) is 2.94. The SMILES string of the molecule is COc1ccc(CN(C)CC(=O)Nc2ccc(C(C)C)cc2)cc1. The van der Waals surface area contributed by atoms with E-state index >= 15 is 0 Å². The molecule has 2 aromatic rings. The summed E-state index contributed by atoms with van der Waals surface area (Å²) >= 11 is 0. The number of methoxy groups -OCH3 is 1. The Hall–Kier alpha value is -2.33. The van der Waals surface area contributed by atoms with Crippen LogP contribution in [0.5, 0.6) is 5.75 Å². The van der Waals surface area contributed by atoms with Gasteiger partial charge >= 0.3 is 0 Å². The molecule has 0 saturated carbocycles. The molecule has 24 heavy (non-hydrogen) atoms. The largest absolute Gasteiger partial charge is 0.497 e. The van der Waals surface area contributed by atoms with Gasteiger partial charge in [0.2, 0.25) is 5.91 Å². The minimum absolute atomic E-state index is 0.0108. The summed E-state index contributed by atoms with van der Waals surface area (Å²) in [6, 6.07) is 15.9. The van der Waals surface area contributed by atoms with Gasteiger partial charge in [-0.05, 0) is 48.4 Å². The van der Waals surface area contributed by atoms with Crippen molar-refractivity contribution in [1.82, 2.24) is 4.90 Å². The van der Waals surface area contributed by atoms with E-state index in [4.69, 9.17) is 4.74 Å². The molecular weight excluding hydrogens is 300 g/mol. The second-order valence-electron chi connectivity index (χ2n) is 6.35. The molecule has 0 fully saturated rings. The molecule has 4 heteroatoms. The molecule has 2 aromatic carbocycles. The minimum atomic E-state index is -0.0108. The van der Waals surface area contributed by atoms with Crippen molar-refractivity contribution in [3.63, 3.8) is 0 Å². The van der Waals surface area contributed by atoms with Crippen LogP contribution in [0.15, 0.2) is 48.5 Å². The van der Waals surface area contributed by atoms with Crippen molar-refractivity contribution in [1.29, 1.82) is 0 Å². The van der Waals surface area contributed by atoms with E-state index in [1.165, 1.54) is 5.56 Å². The second-order valence-corrected chi connectivity index (χ2v) is 6.35. The Bertz CT molecular complexity index is 648. The molecule has 0 heterocycles. The van der Waals surface area contributed by atoms with Gasteiger partial charge in [0.15, 0.2) is 0 Å². The monoisotopic (exact) mass is 326 g/mol. The number of ether oxygens (including phenoxy) is 1. The zero-order chi connectivity index (χ0) is 17.5. The molecule has 0 bridgehead atoms. The summed E-state index contributed by atoms with van der Waals surface area (Å²) in [5.41, 5.74) is 3.25. The van der Waals surface area contributed by atoms with Gasteiger partial charge in [-0.25, -0.2) is 0 Å². The van der Waals surface area contributed by atoms with Crippen molar-refractivity contribution < 1.29 is 9.53 Å². The summed E-state index contributed by atoms with van der Waals surface area (Å²) in [5.74, 6) is 1.32. The quantitative estimate of drug-likeness (QED) is 0.839. The lowest BCUT2D eigenvalue weighted by Crippen LogP contribution is -2.29. The molecular formula is C20H26N2O2. The van der Waals surface area contributed by atoms with E-state index in [0.717, 1.165) is 17.0 Å². The van der Waals surface area contributed by atoms with Gasteiger partial charge in [0.05, 0.1) is 13.7 Å². The summed E-state index contributed by atoms with van der Waals surface area (Å²) in [6.45, 7) is 5.37. The van der Waals surface area contributed by atoms with Crippen LogP contribution in [0.25, 0.3) is 0 Å².